The van der Waals surface area contributed by atoms with Crippen molar-refractivity contribution in [2.24, 2.45) is 0 Å². The van der Waals surface area contributed by atoms with Crippen molar-refractivity contribution in [1.82, 2.24) is 19.9 Å². The molecule has 11 rings (SSSR count). The molecule has 2 aliphatic carbocycles. The summed E-state index contributed by atoms with van der Waals surface area (Å²) in [6.07, 6.45) is 3.88. The molecule has 0 radical (unpaired) electrons. The maximum Gasteiger partial charge on any atom is 0.164 e. The Kier molecular flexibility index (Phi) is 7.70. The first-order valence-electron chi connectivity index (χ1n) is 19.9. The molecule has 2 aliphatic rings. The average molecular weight is 743 g/mol. The lowest BCUT2D eigenvalue weighted by Gasteiger charge is -2.31. The van der Waals surface area contributed by atoms with E-state index in [1.165, 1.54) is 72.3 Å². The van der Waals surface area contributed by atoms with Gasteiger partial charge >= 0.3 is 0 Å². The van der Waals surface area contributed by atoms with Gasteiger partial charge in [0.25, 0.3) is 0 Å². The molecule has 0 aliphatic heterocycles. The molecule has 274 valence electrons. The van der Waals surface area contributed by atoms with E-state index in [-0.39, 0.29) is 0 Å². The van der Waals surface area contributed by atoms with Gasteiger partial charge in [-0.3, -0.25) is 4.98 Å². The molecule has 58 heavy (non-hydrogen) atoms. The Morgan fingerprint density at radius 2 is 0.914 bits per heavy atom. The van der Waals surface area contributed by atoms with Gasteiger partial charge in [0.1, 0.15) is 0 Å². The molecule has 0 N–H and O–H groups in total. The standard InChI is InChI=1S/C54H38N4/c1-33-28-39(32-55-31-33)42-18-8-7-17-41(42)37-24-26-45-43-19-9-11-22-47(43)54(50(45)30-37)48-23-12-10-20-44(48)46-29-38(25-27-49(46)54)52-56-51(36-15-5-4-6-16-36)57-53(58-52)40-21-13-14-34(2)35(40)3/h4-32H,1-3H3. The molecule has 1 spiro atoms. The minimum absolute atomic E-state index is 0.510. The van der Waals surface area contributed by atoms with Crippen LogP contribution in [0, 0.1) is 20.8 Å². The molecule has 0 fully saturated rings. The Balaban J connectivity index is 1.13. The summed E-state index contributed by atoms with van der Waals surface area (Å²) in [7, 11) is 0. The molecule has 0 bridgehead atoms. The van der Waals surface area contributed by atoms with Crippen LogP contribution in [-0.2, 0) is 5.41 Å². The summed E-state index contributed by atoms with van der Waals surface area (Å²) in [6.45, 7) is 6.38. The van der Waals surface area contributed by atoms with E-state index in [4.69, 9.17) is 15.0 Å². The zero-order valence-corrected chi connectivity index (χ0v) is 32.5. The maximum absolute atomic E-state index is 5.20. The van der Waals surface area contributed by atoms with Crippen LogP contribution in [0.1, 0.15) is 38.9 Å². The van der Waals surface area contributed by atoms with Crippen LogP contribution < -0.4 is 0 Å². The Bertz CT molecular complexity index is 3110. The molecule has 9 aromatic rings. The van der Waals surface area contributed by atoms with E-state index in [2.05, 4.69) is 171 Å². The first-order valence-corrected chi connectivity index (χ1v) is 19.9. The normalized spacial score (nSPS) is 14.5. The van der Waals surface area contributed by atoms with Crippen molar-refractivity contribution >= 4 is 0 Å². The smallest absolute Gasteiger partial charge is 0.164 e. The van der Waals surface area contributed by atoms with Crippen molar-refractivity contribution in [2.75, 3.05) is 0 Å². The lowest BCUT2D eigenvalue weighted by atomic mass is 9.70. The Hall–Kier alpha value is -7.30. The second-order valence-electron chi connectivity index (χ2n) is 15.6. The first kappa shape index (κ1) is 34.0. The molecule has 1 atom stereocenters. The second-order valence-corrected chi connectivity index (χ2v) is 15.6. The van der Waals surface area contributed by atoms with Gasteiger partial charge in [0.15, 0.2) is 17.5 Å². The van der Waals surface area contributed by atoms with Crippen LogP contribution >= 0.6 is 0 Å². The summed E-state index contributed by atoms with van der Waals surface area (Å²) in [5.41, 5.74) is 20.7. The van der Waals surface area contributed by atoms with E-state index in [1.54, 1.807) is 0 Å². The fourth-order valence-electron chi connectivity index (χ4n) is 9.47. The predicted octanol–water partition coefficient (Wildman–Crippen LogP) is 12.9. The highest BCUT2D eigenvalue weighted by molar-refractivity contribution is 5.97. The third-order valence-electron chi connectivity index (χ3n) is 12.3. The molecular weight excluding hydrogens is 705 g/mol. The van der Waals surface area contributed by atoms with Crippen LogP contribution in [0.25, 0.3) is 78.7 Å². The molecule has 0 amide bonds. The third-order valence-corrected chi connectivity index (χ3v) is 12.3. The van der Waals surface area contributed by atoms with E-state index in [0.717, 1.165) is 27.8 Å². The van der Waals surface area contributed by atoms with Gasteiger partial charge in [-0.15, -0.1) is 0 Å². The van der Waals surface area contributed by atoms with E-state index >= 15 is 0 Å². The molecular formula is C54H38N4. The number of aromatic nitrogens is 4. The van der Waals surface area contributed by atoms with Crippen molar-refractivity contribution in [1.29, 1.82) is 0 Å². The highest BCUT2D eigenvalue weighted by Gasteiger charge is 2.51. The van der Waals surface area contributed by atoms with Crippen LogP contribution in [0.5, 0.6) is 0 Å². The van der Waals surface area contributed by atoms with Crippen LogP contribution in [0.2, 0.25) is 0 Å². The van der Waals surface area contributed by atoms with Gasteiger partial charge in [-0.1, -0.05) is 146 Å². The quantitative estimate of drug-likeness (QED) is 0.176. The van der Waals surface area contributed by atoms with Crippen molar-refractivity contribution in [3.63, 3.8) is 0 Å². The molecule has 4 heteroatoms. The largest absolute Gasteiger partial charge is 0.264 e. The molecule has 1 unspecified atom stereocenters. The summed E-state index contributed by atoms with van der Waals surface area (Å²) in [6, 6.07) is 59.3. The molecule has 2 heterocycles. The van der Waals surface area contributed by atoms with Crippen LogP contribution in [0.15, 0.2) is 176 Å². The minimum Gasteiger partial charge on any atom is -0.264 e. The molecule has 0 saturated heterocycles. The molecule has 2 aromatic heterocycles. The first-order chi connectivity index (χ1) is 28.5. The predicted molar refractivity (Wildman–Crippen MR) is 235 cm³/mol. The average Bonchev–Trinajstić information content (AvgIpc) is 3.74. The number of hydrogen-bond donors (Lipinski definition) is 0. The number of aryl methyl sites for hydroxylation is 2. The summed E-state index contributed by atoms with van der Waals surface area (Å²) < 4.78 is 0. The van der Waals surface area contributed by atoms with Gasteiger partial charge in [0.05, 0.1) is 5.41 Å². The highest BCUT2D eigenvalue weighted by Crippen LogP contribution is 2.63. The lowest BCUT2D eigenvalue weighted by Crippen LogP contribution is -2.25. The Labute approximate surface area is 338 Å². The number of benzene rings is 7. The van der Waals surface area contributed by atoms with Crippen LogP contribution in [-0.4, -0.2) is 19.9 Å². The Morgan fingerprint density at radius 3 is 1.66 bits per heavy atom. The number of rotatable bonds is 5. The van der Waals surface area contributed by atoms with Gasteiger partial charge < -0.3 is 0 Å². The summed E-state index contributed by atoms with van der Waals surface area (Å²) >= 11 is 0. The summed E-state index contributed by atoms with van der Waals surface area (Å²) in [5, 5.41) is 0. The van der Waals surface area contributed by atoms with Crippen LogP contribution in [0.4, 0.5) is 0 Å². The van der Waals surface area contributed by atoms with Crippen molar-refractivity contribution < 1.29 is 0 Å². The Morgan fingerprint density at radius 1 is 0.345 bits per heavy atom. The molecule has 0 saturated carbocycles. The van der Waals surface area contributed by atoms with E-state index in [0.29, 0.717) is 17.5 Å². The van der Waals surface area contributed by atoms with E-state index in [1.807, 2.05) is 30.6 Å². The number of hydrogen-bond acceptors (Lipinski definition) is 4. The minimum atomic E-state index is -0.510. The second kappa shape index (κ2) is 13.1. The fourth-order valence-corrected chi connectivity index (χ4v) is 9.47. The number of nitrogens with zero attached hydrogens (tertiary/aromatic N) is 4. The van der Waals surface area contributed by atoms with Gasteiger partial charge in [-0.05, 0) is 117 Å². The molecule has 4 nitrogen and oxygen atoms in total. The van der Waals surface area contributed by atoms with Crippen molar-refractivity contribution in [2.45, 2.75) is 26.2 Å². The maximum atomic E-state index is 5.20. The topological polar surface area (TPSA) is 51.6 Å². The zero-order valence-electron chi connectivity index (χ0n) is 32.5. The SMILES string of the molecule is Cc1cncc(-c2ccccc2-c2ccc3c(c2)C2(c4ccccc4-c4cc(-c5nc(-c6ccccc6)nc(-c6cccc(C)c6C)n5)ccc42)c2ccccc2-3)c1. The van der Waals surface area contributed by atoms with Crippen molar-refractivity contribution in [3.8, 4) is 78.7 Å². The van der Waals surface area contributed by atoms with Gasteiger partial charge in [-0.25, -0.2) is 15.0 Å². The van der Waals surface area contributed by atoms with E-state index in [9.17, 15) is 0 Å². The summed E-state index contributed by atoms with van der Waals surface area (Å²) in [5.74, 6) is 1.99. The third kappa shape index (κ3) is 5.08. The number of pyridine rings is 1. The lowest BCUT2D eigenvalue weighted by molar-refractivity contribution is 0.794. The highest BCUT2D eigenvalue weighted by atomic mass is 15.0. The zero-order chi connectivity index (χ0) is 39.0. The van der Waals surface area contributed by atoms with Gasteiger partial charge in [0, 0.05) is 34.6 Å². The number of fused-ring (bicyclic) bond motifs is 10. The van der Waals surface area contributed by atoms with Gasteiger partial charge in [-0.2, -0.15) is 0 Å². The van der Waals surface area contributed by atoms with Crippen molar-refractivity contribution in [3.05, 3.63) is 215 Å². The molecule has 7 aromatic carbocycles. The van der Waals surface area contributed by atoms with Crippen LogP contribution in [0.3, 0.4) is 0 Å². The van der Waals surface area contributed by atoms with Gasteiger partial charge in [0.2, 0.25) is 0 Å². The van der Waals surface area contributed by atoms with E-state index < -0.39 is 5.41 Å². The fraction of sp³-hybridized carbons (Fsp3) is 0.0741. The monoisotopic (exact) mass is 742 g/mol. The summed E-state index contributed by atoms with van der Waals surface area (Å²) in [4.78, 5) is 20.0.